The van der Waals surface area contributed by atoms with E-state index in [2.05, 4.69) is 9.97 Å². The summed E-state index contributed by atoms with van der Waals surface area (Å²) in [7, 11) is 0. The summed E-state index contributed by atoms with van der Waals surface area (Å²) in [5, 5.41) is 1.67. The molecule has 0 atom stereocenters. The fourth-order valence-electron chi connectivity index (χ4n) is 2.49. The van der Waals surface area contributed by atoms with E-state index in [1.165, 1.54) is 11.3 Å². The van der Waals surface area contributed by atoms with Crippen molar-refractivity contribution in [2.75, 3.05) is 18.8 Å². The summed E-state index contributed by atoms with van der Waals surface area (Å²) in [6, 6.07) is 0. The maximum absolute atomic E-state index is 12.6. The summed E-state index contributed by atoms with van der Waals surface area (Å²) < 4.78 is 0.424. The first-order chi connectivity index (χ1) is 9.87. The second kappa shape index (κ2) is 4.81. The predicted molar refractivity (Wildman–Crippen MR) is 82.4 cm³/mol. The summed E-state index contributed by atoms with van der Waals surface area (Å²) in [6.45, 7) is 3.22. The molecule has 2 aromatic heterocycles. The van der Waals surface area contributed by atoms with Crippen LogP contribution in [0.2, 0.25) is 0 Å². The number of piperidine rings is 1. The van der Waals surface area contributed by atoms with Gasteiger partial charge in [0.1, 0.15) is 10.2 Å². The molecule has 1 saturated heterocycles. The monoisotopic (exact) mass is 307 g/mol. The number of anilines is 1. The molecule has 5 N–H and O–H groups in total. The lowest BCUT2D eigenvalue weighted by Crippen LogP contribution is -2.49. The molecular weight excluding hydrogens is 290 g/mol. The Morgan fingerprint density at radius 2 is 2.14 bits per heavy atom. The summed E-state index contributed by atoms with van der Waals surface area (Å²) >= 11 is 1.21. The van der Waals surface area contributed by atoms with Gasteiger partial charge in [-0.2, -0.15) is 0 Å². The molecule has 0 aromatic carbocycles. The largest absolute Gasteiger partial charge is 0.369 e. The van der Waals surface area contributed by atoms with Crippen LogP contribution in [0, 0.1) is 0 Å². The molecule has 112 valence electrons. The average Bonchev–Trinajstić information content (AvgIpc) is 2.82. The minimum Gasteiger partial charge on any atom is -0.369 e. The van der Waals surface area contributed by atoms with Crippen LogP contribution in [0.15, 0.2) is 10.2 Å². The smallest absolute Gasteiger partial charge is 0.270 e. The van der Waals surface area contributed by atoms with Gasteiger partial charge in [0, 0.05) is 24.0 Å². The number of nitrogen functional groups attached to an aromatic ring is 1. The summed E-state index contributed by atoms with van der Waals surface area (Å²) in [5.41, 5.74) is 11.9. The predicted octanol–water partition coefficient (Wildman–Crippen LogP) is 0.520. The molecule has 1 aliphatic rings. The number of amides is 1. The molecule has 2 aromatic rings. The quantitative estimate of drug-likeness (QED) is 0.710. The molecule has 0 saturated carbocycles. The summed E-state index contributed by atoms with van der Waals surface area (Å²) in [5.74, 6) is -0.0950. The van der Waals surface area contributed by atoms with Crippen LogP contribution in [0.4, 0.5) is 5.95 Å². The maximum atomic E-state index is 12.6. The first-order valence-corrected chi connectivity index (χ1v) is 7.60. The Balaban J connectivity index is 1.94. The topological polar surface area (TPSA) is 118 Å². The molecule has 0 radical (unpaired) electrons. The number of thiophene rings is 1. The van der Waals surface area contributed by atoms with E-state index in [0.29, 0.717) is 28.9 Å². The van der Waals surface area contributed by atoms with Gasteiger partial charge < -0.3 is 16.4 Å². The zero-order valence-electron chi connectivity index (χ0n) is 11.7. The van der Waals surface area contributed by atoms with Crippen LogP contribution >= 0.6 is 11.3 Å². The molecule has 0 aliphatic carbocycles. The Labute approximate surface area is 125 Å². The maximum Gasteiger partial charge on any atom is 0.270 e. The normalized spacial score (nSPS) is 18.1. The molecule has 1 fully saturated rings. The molecule has 7 nitrogen and oxygen atoms in total. The van der Waals surface area contributed by atoms with Crippen LogP contribution in [0.1, 0.15) is 30.1 Å². The van der Waals surface area contributed by atoms with Crippen molar-refractivity contribution >= 4 is 33.4 Å². The van der Waals surface area contributed by atoms with Gasteiger partial charge in [0.15, 0.2) is 0 Å². The van der Waals surface area contributed by atoms with Crippen LogP contribution in [0.3, 0.4) is 0 Å². The Kier molecular flexibility index (Phi) is 3.22. The van der Waals surface area contributed by atoms with Crippen LogP contribution in [-0.4, -0.2) is 39.4 Å². The lowest BCUT2D eigenvalue weighted by Gasteiger charge is -2.36. The van der Waals surface area contributed by atoms with Crippen molar-refractivity contribution in [2.45, 2.75) is 25.3 Å². The van der Waals surface area contributed by atoms with Gasteiger partial charge >= 0.3 is 0 Å². The molecule has 1 amide bonds. The lowest BCUT2D eigenvalue weighted by molar-refractivity contribution is 0.0683. The van der Waals surface area contributed by atoms with Gasteiger partial charge in [0.2, 0.25) is 5.95 Å². The summed E-state index contributed by atoms with van der Waals surface area (Å²) in [4.78, 5) is 32.7. The van der Waals surface area contributed by atoms with Crippen LogP contribution in [-0.2, 0) is 0 Å². The molecule has 3 heterocycles. The fourth-order valence-corrected chi connectivity index (χ4v) is 3.36. The van der Waals surface area contributed by atoms with E-state index in [9.17, 15) is 9.59 Å². The van der Waals surface area contributed by atoms with E-state index >= 15 is 0 Å². The van der Waals surface area contributed by atoms with Gasteiger partial charge in [-0.25, -0.2) is 4.98 Å². The van der Waals surface area contributed by atoms with Crippen molar-refractivity contribution in [2.24, 2.45) is 5.73 Å². The standard InChI is InChI=1S/C13H17N5O2S/c1-13(15)2-4-18(5-3-13)11(20)7-6-21-9-8(7)16-12(14)17-10(9)19/h6H,2-5,15H2,1H3,(H3,14,16,17,19). The van der Waals surface area contributed by atoms with E-state index in [1.807, 2.05) is 6.92 Å². The Morgan fingerprint density at radius 1 is 1.48 bits per heavy atom. The number of carbonyl (C=O) groups excluding carboxylic acids is 1. The fraction of sp³-hybridized carbons (Fsp3) is 0.462. The van der Waals surface area contributed by atoms with Gasteiger partial charge in [0.05, 0.1) is 5.56 Å². The molecule has 1 aliphatic heterocycles. The molecule has 21 heavy (non-hydrogen) atoms. The molecule has 0 spiro atoms. The number of aromatic amines is 1. The van der Waals surface area contributed by atoms with Crippen molar-refractivity contribution in [1.29, 1.82) is 0 Å². The number of hydrogen-bond acceptors (Lipinski definition) is 6. The Hall–Kier alpha value is -1.93. The number of rotatable bonds is 1. The number of nitrogens with zero attached hydrogens (tertiary/aromatic N) is 2. The van der Waals surface area contributed by atoms with Gasteiger partial charge in [0.25, 0.3) is 11.5 Å². The van der Waals surface area contributed by atoms with E-state index in [0.717, 1.165) is 12.8 Å². The number of likely N-dealkylation sites (tertiary alicyclic amines) is 1. The van der Waals surface area contributed by atoms with E-state index in [1.54, 1.807) is 10.3 Å². The van der Waals surface area contributed by atoms with E-state index < -0.39 is 0 Å². The van der Waals surface area contributed by atoms with Crippen molar-refractivity contribution < 1.29 is 4.79 Å². The SMILES string of the molecule is CC1(N)CCN(C(=O)c2csc3c(=O)[nH]c(N)nc23)CC1. The van der Waals surface area contributed by atoms with Gasteiger partial charge in [-0.1, -0.05) is 0 Å². The third kappa shape index (κ3) is 2.52. The number of nitrogens with two attached hydrogens (primary N) is 2. The lowest BCUT2D eigenvalue weighted by atomic mass is 9.91. The van der Waals surface area contributed by atoms with Crippen molar-refractivity contribution in [1.82, 2.24) is 14.9 Å². The molecule has 3 rings (SSSR count). The first-order valence-electron chi connectivity index (χ1n) is 6.72. The minimum atomic E-state index is -0.310. The number of nitrogens with one attached hydrogen (secondary N) is 1. The first kappa shape index (κ1) is 14.0. The number of hydrogen-bond donors (Lipinski definition) is 3. The second-order valence-electron chi connectivity index (χ2n) is 5.72. The third-order valence-electron chi connectivity index (χ3n) is 3.87. The molecule has 8 heteroatoms. The molecule has 0 bridgehead atoms. The number of aromatic nitrogens is 2. The van der Waals surface area contributed by atoms with Crippen LogP contribution in [0.5, 0.6) is 0 Å². The number of carbonyl (C=O) groups is 1. The van der Waals surface area contributed by atoms with Gasteiger partial charge in [-0.05, 0) is 19.8 Å². The van der Waals surface area contributed by atoms with Crippen LogP contribution in [0.25, 0.3) is 10.2 Å². The van der Waals surface area contributed by atoms with Gasteiger partial charge in [-0.15, -0.1) is 11.3 Å². The van der Waals surface area contributed by atoms with Crippen molar-refractivity contribution in [3.63, 3.8) is 0 Å². The van der Waals surface area contributed by atoms with E-state index in [4.69, 9.17) is 11.5 Å². The highest BCUT2D eigenvalue weighted by molar-refractivity contribution is 7.17. The Morgan fingerprint density at radius 3 is 2.81 bits per heavy atom. The number of fused-ring (bicyclic) bond motifs is 1. The van der Waals surface area contributed by atoms with Crippen molar-refractivity contribution in [3.05, 3.63) is 21.3 Å². The molecular formula is C13H17N5O2S. The zero-order valence-corrected chi connectivity index (χ0v) is 12.5. The highest BCUT2D eigenvalue weighted by atomic mass is 32.1. The Bertz CT molecular complexity index is 753. The number of H-pyrrole nitrogens is 1. The average molecular weight is 307 g/mol. The van der Waals surface area contributed by atoms with Gasteiger partial charge in [-0.3, -0.25) is 14.6 Å². The summed E-state index contributed by atoms with van der Waals surface area (Å²) in [6.07, 6.45) is 1.52. The molecule has 0 unspecified atom stereocenters. The highest BCUT2D eigenvalue weighted by Gasteiger charge is 2.30. The second-order valence-corrected chi connectivity index (χ2v) is 6.60. The minimum absolute atomic E-state index is 0.0214. The van der Waals surface area contributed by atoms with E-state index in [-0.39, 0.29) is 23.0 Å². The third-order valence-corrected chi connectivity index (χ3v) is 4.84. The zero-order chi connectivity index (χ0) is 15.2. The van der Waals surface area contributed by atoms with Crippen LogP contribution < -0.4 is 17.0 Å². The van der Waals surface area contributed by atoms with Crippen molar-refractivity contribution in [3.8, 4) is 0 Å². The highest BCUT2D eigenvalue weighted by Crippen LogP contribution is 2.25.